The van der Waals surface area contributed by atoms with Gasteiger partial charge in [0.25, 0.3) is 0 Å². The molecule has 8 heteroatoms. The predicted octanol–water partition coefficient (Wildman–Crippen LogP) is 0.335. The SMILES string of the molecule is CC(C)CNC(=O)CNS(=O)(=O)c1ccc(F)c(CN)c1. The Morgan fingerprint density at radius 2 is 2.05 bits per heavy atom. The molecule has 0 unspecified atom stereocenters. The van der Waals surface area contributed by atoms with Gasteiger partial charge in [0.15, 0.2) is 0 Å². The van der Waals surface area contributed by atoms with Gasteiger partial charge in [-0.3, -0.25) is 4.79 Å². The van der Waals surface area contributed by atoms with Crippen molar-refractivity contribution in [1.29, 1.82) is 0 Å². The monoisotopic (exact) mass is 317 g/mol. The summed E-state index contributed by atoms with van der Waals surface area (Å²) in [5.74, 6) is -0.714. The molecule has 0 fully saturated rings. The molecule has 0 saturated heterocycles. The molecule has 0 atom stereocenters. The zero-order valence-corrected chi connectivity index (χ0v) is 12.8. The third-order valence-electron chi connectivity index (χ3n) is 2.68. The van der Waals surface area contributed by atoms with Crippen LogP contribution >= 0.6 is 0 Å². The van der Waals surface area contributed by atoms with E-state index in [4.69, 9.17) is 5.73 Å². The van der Waals surface area contributed by atoms with Crippen molar-refractivity contribution in [2.24, 2.45) is 11.7 Å². The van der Waals surface area contributed by atoms with Crippen LogP contribution in [-0.2, 0) is 21.4 Å². The van der Waals surface area contributed by atoms with Crippen LogP contribution in [0.15, 0.2) is 23.1 Å². The molecule has 0 aromatic heterocycles. The summed E-state index contributed by atoms with van der Waals surface area (Å²) in [6, 6.07) is 3.32. The van der Waals surface area contributed by atoms with Crippen LogP contribution in [0, 0.1) is 11.7 Å². The number of benzene rings is 1. The largest absolute Gasteiger partial charge is 0.355 e. The summed E-state index contributed by atoms with van der Waals surface area (Å²) < 4.78 is 39.5. The summed E-state index contributed by atoms with van der Waals surface area (Å²) in [4.78, 5) is 11.4. The number of carbonyl (C=O) groups excluding carboxylic acids is 1. The second kappa shape index (κ2) is 7.48. The summed E-state index contributed by atoms with van der Waals surface area (Å²) in [5.41, 5.74) is 5.43. The molecule has 1 amide bonds. The zero-order valence-electron chi connectivity index (χ0n) is 12.0. The van der Waals surface area contributed by atoms with Gasteiger partial charge in [0.2, 0.25) is 15.9 Å². The quantitative estimate of drug-likeness (QED) is 0.675. The number of nitrogens with two attached hydrogens (primary N) is 1. The first-order valence-corrected chi connectivity index (χ1v) is 7.99. The average molecular weight is 317 g/mol. The molecule has 4 N–H and O–H groups in total. The molecule has 118 valence electrons. The Bertz CT molecular complexity index is 603. The number of hydrogen-bond acceptors (Lipinski definition) is 4. The highest BCUT2D eigenvalue weighted by atomic mass is 32.2. The number of rotatable bonds is 7. The topological polar surface area (TPSA) is 101 Å². The van der Waals surface area contributed by atoms with E-state index in [2.05, 4.69) is 10.0 Å². The second-order valence-electron chi connectivity index (χ2n) is 4.98. The number of hydrogen-bond donors (Lipinski definition) is 3. The molecular formula is C13H20FN3O3S. The van der Waals surface area contributed by atoms with Gasteiger partial charge in [-0.2, -0.15) is 0 Å². The van der Waals surface area contributed by atoms with Crippen molar-refractivity contribution in [2.75, 3.05) is 13.1 Å². The van der Waals surface area contributed by atoms with E-state index < -0.39 is 21.7 Å². The fourth-order valence-corrected chi connectivity index (χ4v) is 2.53. The molecular weight excluding hydrogens is 297 g/mol. The lowest BCUT2D eigenvalue weighted by atomic mass is 10.2. The summed E-state index contributed by atoms with van der Waals surface area (Å²) >= 11 is 0. The fourth-order valence-electron chi connectivity index (χ4n) is 1.50. The number of nitrogens with one attached hydrogen (secondary N) is 2. The maximum Gasteiger partial charge on any atom is 0.241 e. The highest BCUT2D eigenvalue weighted by Gasteiger charge is 2.17. The van der Waals surface area contributed by atoms with Crippen LogP contribution in [0.1, 0.15) is 19.4 Å². The van der Waals surface area contributed by atoms with Crippen molar-refractivity contribution in [3.05, 3.63) is 29.6 Å². The summed E-state index contributed by atoms with van der Waals surface area (Å²) in [6.45, 7) is 3.84. The molecule has 0 saturated carbocycles. The number of carbonyl (C=O) groups is 1. The molecule has 21 heavy (non-hydrogen) atoms. The van der Waals surface area contributed by atoms with Crippen LogP contribution in [0.5, 0.6) is 0 Å². The van der Waals surface area contributed by atoms with E-state index in [1.54, 1.807) is 0 Å². The lowest BCUT2D eigenvalue weighted by molar-refractivity contribution is -0.120. The van der Waals surface area contributed by atoms with Crippen LogP contribution in [-0.4, -0.2) is 27.4 Å². The maximum absolute atomic E-state index is 13.3. The first-order valence-electron chi connectivity index (χ1n) is 6.51. The van der Waals surface area contributed by atoms with E-state index in [0.29, 0.717) is 6.54 Å². The third-order valence-corrected chi connectivity index (χ3v) is 4.08. The lowest BCUT2D eigenvalue weighted by Crippen LogP contribution is -2.38. The minimum Gasteiger partial charge on any atom is -0.355 e. The van der Waals surface area contributed by atoms with Gasteiger partial charge in [0, 0.05) is 18.7 Å². The van der Waals surface area contributed by atoms with Crippen LogP contribution in [0.25, 0.3) is 0 Å². The van der Waals surface area contributed by atoms with Crippen molar-refractivity contribution >= 4 is 15.9 Å². The molecule has 6 nitrogen and oxygen atoms in total. The predicted molar refractivity (Wildman–Crippen MR) is 77.3 cm³/mol. The van der Waals surface area contributed by atoms with Crippen molar-refractivity contribution in [2.45, 2.75) is 25.3 Å². The second-order valence-corrected chi connectivity index (χ2v) is 6.75. The molecule has 0 aliphatic heterocycles. The Hall–Kier alpha value is -1.51. The molecule has 0 aliphatic carbocycles. The van der Waals surface area contributed by atoms with Crippen LogP contribution in [0.3, 0.4) is 0 Å². The fraction of sp³-hybridized carbons (Fsp3) is 0.462. The Morgan fingerprint density at radius 1 is 1.38 bits per heavy atom. The zero-order chi connectivity index (χ0) is 16.0. The van der Waals surface area contributed by atoms with E-state index in [-0.39, 0.29) is 29.5 Å². The molecule has 1 aromatic rings. The normalized spacial score (nSPS) is 11.7. The van der Waals surface area contributed by atoms with Gasteiger partial charge in [-0.05, 0) is 24.1 Å². The van der Waals surface area contributed by atoms with Crippen LogP contribution in [0.2, 0.25) is 0 Å². The van der Waals surface area contributed by atoms with Gasteiger partial charge in [-0.25, -0.2) is 17.5 Å². The standard InChI is InChI=1S/C13H20FN3O3S/c1-9(2)7-16-13(18)8-17-21(19,20)11-3-4-12(14)10(5-11)6-15/h3-5,9,17H,6-8,15H2,1-2H3,(H,16,18). The van der Waals surface area contributed by atoms with Gasteiger partial charge < -0.3 is 11.1 Å². The third kappa shape index (κ3) is 5.41. The van der Waals surface area contributed by atoms with E-state index in [1.807, 2.05) is 13.8 Å². The number of amides is 1. The molecule has 1 rings (SSSR count). The Labute approximate surface area is 124 Å². The smallest absolute Gasteiger partial charge is 0.241 e. The van der Waals surface area contributed by atoms with Gasteiger partial charge in [-0.15, -0.1) is 0 Å². The highest BCUT2D eigenvalue weighted by molar-refractivity contribution is 7.89. The number of halogens is 1. The van der Waals surface area contributed by atoms with Gasteiger partial charge in [0.05, 0.1) is 11.4 Å². The van der Waals surface area contributed by atoms with Crippen LogP contribution < -0.4 is 15.8 Å². The van der Waals surface area contributed by atoms with Crippen molar-refractivity contribution in [1.82, 2.24) is 10.0 Å². The Morgan fingerprint density at radius 3 is 2.62 bits per heavy atom. The molecule has 0 spiro atoms. The molecule has 0 radical (unpaired) electrons. The summed E-state index contributed by atoms with van der Waals surface area (Å²) in [5, 5.41) is 2.59. The molecule has 1 aromatic carbocycles. The van der Waals surface area contributed by atoms with Crippen molar-refractivity contribution in [3.8, 4) is 0 Å². The minimum atomic E-state index is -3.88. The lowest BCUT2D eigenvalue weighted by Gasteiger charge is -2.10. The number of sulfonamides is 1. The molecule has 0 heterocycles. The van der Waals surface area contributed by atoms with E-state index in [9.17, 15) is 17.6 Å². The Kier molecular flexibility index (Phi) is 6.25. The first kappa shape index (κ1) is 17.5. The van der Waals surface area contributed by atoms with Crippen molar-refractivity contribution < 1.29 is 17.6 Å². The van der Waals surface area contributed by atoms with Gasteiger partial charge in [-0.1, -0.05) is 13.8 Å². The van der Waals surface area contributed by atoms with E-state index in [1.165, 1.54) is 0 Å². The summed E-state index contributed by atoms with van der Waals surface area (Å²) in [6.07, 6.45) is 0. The van der Waals surface area contributed by atoms with Gasteiger partial charge in [0.1, 0.15) is 5.82 Å². The van der Waals surface area contributed by atoms with Crippen molar-refractivity contribution in [3.63, 3.8) is 0 Å². The molecule has 0 bridgehead atoms. The van der Waals surface area contributed by atoms with Crippen LogP contribution in [0.4, 0.5) is 4.39 Å². The maximum atomic E-state index is 13.3. The van der Waals surface area contributed by atoms with E-state index >= 15 is 0 Å². The summed E-state index contributed by atoms with van der Waals surface area (Å²) in [7, 11) is -3.88. The van der Waals surface area contributed by atoms with Gasteiger partial charge >= 0.3 is 0 Å². The highest BCUT2D eigenvalue weighted by Crippen LogP contribution is 2.14. The average Bonchev–Trinajstić information content (AvgIpc) is 2.43. The van der Waals surface area contributed by atoms with E-state index in [0.717, 1.165) is 18.2 Å². The minimum absolute atomic E-state index is 0.0992. The first-order chi connectivity index (χ1) is 9.76. The Balaban J connectivity index is 2.71. The molecule has 0 aliphatic rings.